The number of aromatic nitrogens is 2. The van der Waals surface area contributed by atoms with Crippen molar-refractivity contribution in [2.45, 2.75) is 12.5 Å². The lowest BCUT2D eigenvalue weighted by molar-refractivity contribution is -0.390. The monoisotopic (exact) mass is 219 g/mol. The molecule has 0 unspecified atom stereocenters. The fourth-order valence-corrected chi connectivity index (χ4v) is 1.15. The number of nitrogens with zero attached hydrogens (tertiary/aromatic N) is 3. The molecule has 0 aliphatic rings. The van der Waals surface area contributed by atoms with E-state index < -0.39 is 22.7 Å². The van der Waals surface area contributed by atoms with E-state index in [9.17, 15) is 23.3 Å². The van der Waals surface area contributed by atoms with Gasteiger partial charge in [-0.05, 0) is 16.2 Å². The zero-order valence-corrected chi connectivity index (χ0v) is 7.58. The van der Waals surface area contributed by atoms with Crippen LogP contribution in [0.5, 0.6) is 0 Å². The van der Waals surface area contributed by atoms with Gasteiger partial charge in [0.25, 0.3) is 0 Å². The van der Waals surface area contributed by atoms with Crippen LogP contribution in [0.25, 0.3) is 0 Å². The SMILES string of the molecule is [B]Cc1c([N+](=O)[O-])nc(C(F)(F)F)n1C. The largest absolute Gasteiger partial charge is 0.475 e. The lowest BCUT2D eigenvalue weighted by Gasteiger charge is -2.02. The molecule has 0 aliphatic heterocycles. The van der Waals surface area contributed by atoms with Crippen molar-refractivity contribution in [2.75, 3.05) is 0 Å². The summed E-state index contributed by atoms with van der Waals surface area (Å²) in [4.78, 5) is 12.3. The molecule has 2 radical (unpaired) electrons. The van der Waals surface area contributed by atoms with Crippen molar-refractivity contribution in [3.63, 3.8) is 0 Å². The van der Waals surface area contributed by atoms with Crippen LogP contribution in [-0.2, 0) is 19.5 Å². The molecule has 0 fully saturated rings. The predicted octanol–water partition coefficient (Wildman–Crippen LogP) is 1.02. The quantitative estimate of drug-likeness (QED) is 0.423. The van der Waals surface area contributed by atoms with Crippen molar-refractivity contribution in [1.82, 2.24) is 9.55 Å². The molecule has 9 heteroatoms. The van der Waals surface area contributed by atoms with Gasteiger partial charge in [0.2, 0.25) is 0 Å². The molecule has 1 heterocycles. The first-order chi connectivity index (χ1) is 6.79. The summed E-state index contributed by atoms with van der Waals surface area (Å²) in [6.07, 6.45) is -5.11. The molecule has 1 rings (SSSR count). The smallest absolute Gasteiger partial charge is 0.358 e. The zero-order chi connectivity index (χ0) is 11.8. The first-order valence-corrected chi connectivity index (χ1v) is 3.76. The van der Waals surface area contributed by atoms with E-state index in [4.69, 9.17) is 7.85 Å². The Kier molecular flexibility index (Phi) is 2.74. The van der Waals surface area contributed by atoms with Crippen LogP contribution in [0.15, 0.2) is 0 Å². The second-order valence-electron chi connectivity index (χ2n) is 2.72. The van der Waals surface area contributed by atoms with Gasteiger partial charge in [0.15, 0.2) is 0 Å². The summed E-state index contributed by atoms with van der Waals surface area (Å²) in [5.74, 6) is -2.18. The minimum atomic E-state index is -4.73. The van der Waals surface area contributed by atoms with E-state index in [2.05, 4.69) is 4.98 Å². The van der Waals surface area contributed by atoms with Gasteiger partial charge in [-0.1, -0.05) is 0 Å². The normalized spacial score (nSPS) is 11.7. The second kappa shape index (κ2) is 3.56. The lowest BCUT2D eigenvalue weighted by atomic mass is 10.0. The molecule has 0 saturated carbocycles. The molecule has 0 aliphatic carbocycles. The molecular formula is C6H5BF3N3O2. The summed E-state index contributed by atoms with van der Waals surface area (Å²) >= 11 is 0. The fourth-order valence-electron chi connectivity index (χ4n) is 1.15. The minimum Gasteiger partial charge on any atom is -0.358 e. The Morgan fingerprint density at radius 1 is 1.60 bits per heavy atom. The van der Waals surface area contributed by atoms with Crippen LogP contribution in [0, 0.1) is 10.1 Å². The van der Waals surface area contributed by atoms with E-state index >= 15 is 0 Å². The van der Waals surface area contributed by atoms with Crippen LogP contribution >= 0.6 is 0 Å². The molecule has 0 bridgehead atoms. The van der Waals surface area contributed by atoms with Gasteiger partial charge in [0, 0.05) is 7.05 Å². The van der Waals surface area contributed by atoms with Crippen LogP contribution in [-0.4, -0.2) is 22.3 Å². The molecular weight excluding hydrogens is 214 g/mol. The fraction of sp³-hybridized carbons (Fsp3) is 0.500. The summed E-state index contributed by atoms with van der Waals surface area (Å²) in [6.45, 7) is 0. The molecule has 15 heavy (non-hydrogen) atoms. The van der Waals surface area contributed by atoms with Gasteiger partial charge < -0.3 is 14.7 Å². The summed E-state index contributed by atoms with van der Waals surface area (Å²) in [5.41, 5.74) is -0.257. The molecule has 0 aromatic carbocycles. The van der Waals surface area contributed by atoms with E-state index in [0.717, 1.165) is 7.05 Å². The number of halogens is 3. The zero-order valence-electron chi connectivity index (χ0n) is 7.58. The Balaban J connectivity index is 3.40. The highest BCUT2D eigenvalue weighted by molar-refractivity contribution is 6.08. The third kappa shape index (κ3) is 1.95. The van der Waals surface area contributed by atoms with Crippen molar-refractivity contribution in [1.29, 1.82) is 0 Å². The van der Waals surface area contributed by atoms with Crippen LogP contribution < -0.4 is 0 Å². The number of hydrogen-bond acceptors (Lipinski definition) is 3. The highest BCUT2D eigenvalue weighted by Crippen LogP contribution is 2.31. The highest BCUT2D eigenvalue weighted by atomic mass is 19.4. The number of hydrogen-bond donors (Lipinski definition) is 0. The second-order valence-corrected chi connectivity index (χ2v) is 2.72. The first-order valence-electron chi connectivity index (χ1n) is 3.76. The van der Waals surface area contributed by atoms with Crippen molar-refractivity contribution in [3.8, 4) is 0 Å². The highest BCUT2D eigenvalue weighted by Gasteiger charge is 2.43. The van der Waals surface area contributed by atoms with Crippen LogP contribution in [0.1, 0.15) is 11.5 Å². The first kappa shape index (κ1) is 11.5. The Morgan fingerprint density at radius 2 is 2.13 bits per heavy atom. The van der Waals surface area contributed by atoms with Gasteiger partial charge in [0.05, 0.1) is 7.85 Å². The summed E-state index contributed by atoms with van der Waals surface area (Å²) in [7, 11) is 6.15. The minimum absolute atomic E-state index is 0.257. The molecule has 0 atom stereocenters. The maximum Gasteiger partial charge on any atom is 0.475 e. The van der Waals surface area contributed by atoms with Crippen molar-refractivity contribution < 1.29 is 18.1 Å². The van der Waals surface area contributed by atoms with Gasteiger partial charge in [-0.2, -0.15) is 13.2 Å². The predicted molar refractivity (Wildman–Crippen MR) is 44.3 cm³/mol. The summed E-state index contributed by atoms with van der Waals surface area (Å²) in [6, 6.07) is 0. The Morgan fingerprint density at radius 3 is 2.40 bits per heavy atom. The van der Waals surface area contributed by atoms with Crippen LogP contribution in [0.4, 0.5) is 19.0 Å². The van der Waals surface area contributed by atoms with Crippen LogP contribution in [0.2, 0.25) is 0 Å². The van der Waals surface area contributed by atoms with Gasteiger partial charge in [-0.15, -0.1) is 0 Å². The molecule has 80 valence electrons. The van der Waals surface area contributed by atoms with E-state index in [1.165, 1.54) is 0 Å². The summed E-state index contributed by atoms with van der Waals surface area (Å²) < 4.78 is 37.5. The van der Waals surface area contributed by atoms with Crippen LogP contribution in [0.3, 0.4) is 0 Å². The van der Waals surface area contributed by atoms with E-state index in [-0.39, 0.29) is 12.0 Å². The van der Waals surface area contributed by atoms with E-state index in [0.29, 0.717) is 4.57 Å². The summed E-state index contributed by atoms with van der Waals surface area (Å²) in [5, 5.41) is 10.4. The molecule has 0 saturated heterocycles. The maximum absolute atomic E-state index is 12.3. The lowest BCUT2D eigenvalue weighted by Crippen LogP contribution is -2.13. The number of nitro groups is 1. The molecule has 5 nitrogen and oxygen atoms in total. The Bertz CT molecular complexity index is 401. The van der Waals surface area contributed by atoms with Gasteiger partial charge in [0.1, 0.15) is 5.69 Å². The van der Waals surface area contributed by atoms with Crippen molar-refractivity contribution in [3.05, 3.63) is 21.6 Å². The van der Waals surface area contributed by atoms with E-state index in [1.807, 2.05) is 0 Å². The van der Waals surface area contributed by atoms with Gasteiger partial charge in [-0.3, -0.25) is 0 Å². The average Bonchev–Trinajstić information content (AvgIpc) is 2.41. The maximum atomic E-state index is 12.3. The molecule has 1 aromatic rings. The number of imidazole rings is 1. The molecule has 0 spiro atoms. The van der Waals surface area contributed by atoms with E-state index in [1.54, 1.807) is 0 Å². The van der Waals surface area contributed by atoms with Gasteiger partial charge >= 0.3 is 17.8 Å². The molecule has 0 N–H and O–H groups in total. The molecule has 1 aromatic heterocycles. The van der Waals surface area contributed by atoms with Crippen molar-refractivity contribution >= 4 is 13.7 Å². The molecule has 0 amide bonds. The number of rotatable bonds is 2. The Labute approximate surface area is 83.5 Å². The topological polar surface area (TPSA) is 61.0 Å². The standard InChI is InChI=1S/C6H5BF3N3O2/c1-12-3(2-7)4(13(14)15)11-5(12)6(8,9)10/h2H2,1H3. The third-order valence-electron chi connectivity index (χ3n) is 1.81. The third-order valence-corrected chi connectivity index (χ3v) is 1.81. The Hall–Kier alpha value is -1.54. The van der Waals surface area contributed by atoms with Crippen molar-refractivity contribution in [2.24, 2.45) is 7.05 Å². The number of alkyl halides is 3. The average molecular weight is 219 g/mol. The van der Waals surface area contributed by atoms with Gasteiger partial charge in [-0.25, -0.2) is 0 Å².